The van der Waals surface area contributed by atoms with Crippen LogP contribution in [0.3, 0.4) is 0 Å². The van der Waals surface area contributed by atoms with E-state index in [1.807, 2.05) is 20.8 Å². The molecule has 0 radical (unpaired) electrons. The average molecular weight is 272 g/mol. The minimum Gasteiger partial charge on any atom is -0.465 e. The van der Waals surface area contributed by atoms with Crippen LogP contribution in [-0.4, -0.2) is 12.6 Å². The zero-order chi connectivity index (χ0) is 13.1. The first kappa shape index (κ1) is 20.8. The van der Waals surface area contributed by atoms with E-state index >= 15 is 0 Å². The van der Waals surface area contributed by atoms with Crippen molar-refractivity contribution in [2.75, 3.05) is 6.61 Å². The standard InChI is InChI=1S/C15H28O2.2CH4/c1-6-15(4,5)14(16)17-10-13-8-7-11(2)12(3)9-13;;/h11-13H,6-10H2,1-5H3;2*1H4. The van der Waals surface area contributed by atoms with Gasteiger partial charge in [0.1, 0.15) is 0 Å². The van der Waals surface area contributed by atoms with Crippen molar-refractivity contribution in [3.63, 3.8) is 0 Å². The number of carbonyl (C=O) groups excluding carboxylic acids is 1. The van der Waals surface area contributed by atoms with E-state index in [4.69, 9.17) is 4.74 Å². The van der Waals surface area contributed by atoms with E-state index in [1.54, 1.807) is 0 Å². The van der Waals surface area contributed by atoms with Gasteiger partial charge in [-0.1, -0.05) is 42.0 Å². The molecule has 1 aliphatic rings. The normalized spacial score (nSPS) is 26.9. The molecule has 0 aromatic carbocycles. The summed E-state index contributed by atoms with van der Waals surface area (Å²) in [6.07, 6.45) is 4.54. The highest BCUT2D eigenvalue weighted by Crippen LogP contribution is 2.33. The van der Waals surface area contributed by atoms with Crippen LogP contribution < -0.4 is 0 Å². The molecule has 19 heavy (non-hydrogen) atoms. The van der Waals surface area contributed by atoms with Crippen LogP contribution in [0.4, 0.5) is 0 Å². The van der Waals surface area contributed by atoms with Crippen molar-refractivity contribution in [2.24, 2.45) is 23.2 Å². The number of carbonyl (C=O) groups is 1. The highest BCUT2D eigenvalue weighted by atomic mass is 16.5. The van der Waals surface area contributed by atoms with Crippen LogP contribution in [0, 0.1) is 23.2 Å². The number of hydrogen-bond acceptors (Lipinski definition) is 2. The largest absolute Gasteiger partial charge is 0.465 e. The van der Waals surface area contributed by atoms with Gasteiger partial charge in [-0.25, -0.2) is 0 Å². The van der Waals surface area contributed by atoms with Gasteiger partial charge in [-0.2, -0.15) is 0 Å². The van der Waals surface area contributed by atoms with Gasteiger partial charge in [0.05, 0.1) is 12.0 Å². The topological polar surface area (TPSA) is 26.3 Å². The van der Waals surface area contributed by atoms with Gasteiger partial charge in [0, 0.05) is 0 Å². The molecule has 3 unspecified atom stereocenters. The molecule has 0 bridgehead atoms. The number of rotatable bonds is 4. The molecule has 0 aromatic heterocycles. The first-order valence-corrected chi connectivity index (χ1v) is 7.04. The summed E-state index contributed by atoms with van der Waals surface area (Å²) in [7, 11) is 0. The van der Waals surface area contributed by atoms with Crippen LogP contribution in [0.25, 0.3) is 0 Å². The third-order valence-corrected chi connectivity index (χ3v) is 4.59. The second-order valence-corrected chi connectivity index (χ2v) is 6.47. The maximum Gasteiger partial charge on any atom is 0.311 e. The summed E-state index contributed by atoms with van der Waals surface area (Å²) in [4.78, 5) is 11.9. The summed E-state index contributed by atoms with van der Waals surface area (Å²) >= 11 is 0. The van der Waals surface area contributed by atoms with Gasteiger partial charge in [-0.3, -0.25) is 4.79 Å². The van der Waals surface area contributed by atoms with Gasteiger partial charge in [0.2, 0.25) is 0 Å². The van der Waals surface area contributed by atoms with E-state index in [-0.39, 0.29) is 26.2 Å². The Morgan fingerprint density at radius 3 is 2.21 bits per heavy atom. The van der Waals surface area contributed by atoms with Crippen molar-refractivity contribution in [1.29, 1.82) is 0 Å². The Morgan fingerprint density at radius 1 is 1.16 bits per heavy atom. The highest BCUT2D eigenvalue weighted by molar-refractivity contribution is 5.75. The summed E-state index contributed by atoms with van der Waals surface area (Å²) in [6.45, 7) is 11.2. The van der Waals surface area contributed by atoms with Gasteiger partial charge in [0.25, 0.3) is 0 Å². The molecule has 0 amide bonds. The van der Waals surface area contributed by atoms with Gasteiger partial charge >= 0.3 is 5.97 Å². The molecular formula is C17H36O2. The summed E-state index contributed by atoms with van der Waals surface area (Å²) in [5.41, 5.74) is -0.326. The molecule has 0 N–H and O–H groups in total. The molecule has 2 nitrogen and oxygen atoms in total. The van der Waals surface area contributed by atoms with Crippen molar-refractivity contribution >= 4 is 5.97 Å². The van der Waals surface area contributed by atoms with E-state index < -0.39 is 0 Å². The maximum atomic E-state index is 11.9. The summed E-state index contributed by atoms with van der Waals surface area (Å²) in [5.74, 6) is 2.14. The molecule has 0 aliphatic heterocycles. The lowest BCUT2D eigenvalue weighted by molar-refractivity contribution is -0.156. The molecule has 0 heterocycles. The molecular weight excluding hydrogens is 236 g/mol. The Balaban J connectivity index is 0. The van der Waals surface area contributed by atoms with Crippen LogP contribution in [0.1, 0.15) is 75.2 Å². The molecule has 116 valence electrons. The predicted octanol–water partition coefficient (Wildman–Crippen LogP) is 5.31. The van der Waals surface area contributed by atoms with Crippen LogP contribution in [0.2, 0.25) is 0 Å². The minimum absolute atomic E-state index is 0. The molecule has 1 saturated carbocycles. The summed E-state index contributed by atoms with van der Waals surface area (Å²) in [6, 6.07) is 0. The van der Waals surface area contributed by atoms with E-state index in [2.05, 4.69) is 13.8 Å². The quantitative estimate of drug-likeness (QED) is 0.648. The van der Waals surface area contributed by atoms with Crippen molar-refractivity contribution in [1.82, 2.24) is 0 Å². The molecule has 3 atom stereocenters. The molecule has 2 heteroatoms. The summed E-state index contributed by atoms with van der Waals surface area (Å²) in [5, 5.41) is 0. The zero-order valence-electron chi connectivity index (χ0n) is 12.1. The van der Waals surface area contributed by atoms with Crippen LogP contribution in [0.15, 0.2) is 0 Å². The minimum atomic E-state index is -0.326. The van der Waals surface area contributed by atoms with E-state index in [1.165, 1.54) is 19.3 Å². The van der Waals surface area contributed by atoms with Gasteiger partial charge in [-0.15, -0.1) is 0 Å². The lowest BCUT2D eigenvalue weighted by Crippen LogP contribution is -2.30. The van der Waals surface area contributed by atoms with Crippen LogP contribution >= 0.6 is 0 Å². The second-order valence-electron chi connectivity index (χ2n) is 6.47. The predicted molar refractivity (Wildman–Crippen MR) is 84.2 cm³/mol. The zero-order valence-corrected chi connectivity index (χ0v) is 12.1. The monoisotopic (exact) mass is 272 g/mol. The lowest BCUT2D eigenvalue weighted by atomic mass is 9.76. The fourth-order valence-corrected chi connectivity index (χ4v) is 2.34. The SMILES string of the molecule is C.C.CCC(C)(C)C(=O)OCC1CCC(C)C(C)C1. The van der Waals surface area contributed by atoms with Gasteiger partial charge in [-0.05, 0) is 50.9 Å². The molecule has 0 spiro atoms. The van der Waals surface area contributed by atoms with Crippen molar-refractivity contribution in [3.05, 3.63) is 0 Å². The second kappa shape index (κ2) is 8.60. The maximum absolute atomic E-state index is 11.9. The van der Waals surface area contributed by atoms with Crippen molar-refractivity contribution < 1.29 is 9.53 Å². The Hall–Kier alpha value is -0.530. The molecule has 0 saturated heterocycles. The van der Waals surface area contributed by atoms with Crippen LogP contribution in [0.5, 0.6) is 0 Å². The number of ether oxygens (including phenoxy) is 1. The Kier molecular flexibility index (Phi) is 9.41. The molecule has 1 rings (SSSR count). The highest BCUT2D eigenvalue weighted by Gasteiger charge is 2.29. The fraction of sp³-hybridized carbons (Fsp3) is 0.941. The number of esters is 1. The Morgan fingerprint density at radius 2 is 1.74 bits per heavy atom. The number of hydrogen-bond donors (Lipinski definition) is 0. The molecule has 1 aliphatic carbocycles. The third-order valence-electron chi connectivity index (χ3n) is 4.59. The Labute approximate surface area is 121 Å². The van der Waals surface area contributed by atoms with E-state index in [0.29, 0.717) is 12.5 Å². The van der Waals surface area contributed by atoms with E-state index in [9.17, 15) is 4.79 Å². The van der Waals surface area contributed by atoms with Gasteiger partial charge in [0.15, 0.2) is 0 Å². The molecule has 0 aromatic rings. The van der Waals surface area contributed by atoms with E-state index in [0.717, 1.165) is 18.3 Å². The first-order valence-electron chi connectivity index (χ1n) is 7.04. The van der Waals surface area contributed by atoms with Crippen LogP contribution in [-0.2, 0) is 9.53 Å². The first-order chi connectivity index (χ1) is 7.86. The van der Waals surface area contributed by atoms with Gasteiger partial charge < -0.3 is 4.74 Å². The lowest BCUT2D eigenvalue weighted by Gasteiger charge is -2.32. The van der Waals surface area contributed by atoms with Crippen molar-refractivity contribution in [2.45, 2.75) is 75.2 Å². The smallest absolute Gasteiger partial charge is 0.311 e. The van der Waals surface area contributed by atoms with Crippen molar-refractivity contribution in [3.8, 4) is 0 Å². The fourth-order valence-electron chi connectivity index (χ4n) is 2.34. The molecule has 1 fully saturated rings. The Bertz CT molecular complexity index is 258. The third kappa shape index (κ3) is 5.97. The average Bonchev–Trinajstić information content (AvgIpc) is 2.30. The summed E-state index contributed by atoms with van der Waals surface area (Å²) < 4.78 is 5.48.